The Morgan fingerprint density at radius 2 is 1.88 bits per heavy atom. The Hall–Kier alpha value is -5.02. The van der Waals surface area contributed by atoms with Crippen LogP contribution in [0.5, 0.6) is 5.75 Å². The molecule has 0 bridgehead atoms. The molecule has 10 heteroatoms. The molecule has 0 spiro atoms. The summed E-state index contributed by atoms with van der Waals surface area (Å²) < 4.78 is 42.6. The summed E-state index contributed by atoms with van der Waals surface area (Å²) in [5, 5.41) is 9.78. The van der Waals surface area contributed by atoms with E-state index < -0.39 is 17.6 Å². The average Bonchev–Trinajstić information content (AvgIpc) is 3.61. The second-order valence-electron chi connectivity index (χ2n) is 9.63. The van der Waals surface area contributed by atoms with Crippen molar-refractivity contribution in [2.75, 3.05) is 0 Å². The van der Waals surface area contributed by atoms with Crippen molar-refractivity contribution in [2.24, 2.45) is 0 Å². The summed E-state index contributed by atoms with van der Waals surface area (Å²) in [5.41, 5.74) is 3.38. The lowest BCUT2D eigenvalue weighted by Gasteiger charge is -2.11. The highest BCUT2D eigenvalue weighted by molar-refractivity contribution is 6.30. The summed E-state index contributed by atoms with van der Waals surface area (Å²) in [5.74, 6) is -0.293. The summed E-state index contributed by atoms with van der Waals surface area (Å²) in [7, 11) is 0. The maximum Gasteiger partial charge on any atom is 0.335 e. The lowest BCUT2D eigenvalue weighted by molar-refractivity contribution is 0.0697. The highest BCUT2D eigenvalue weighted by Crippen LogP contribution is 2.29. The van der Waals surface area contributed by atoms with Gasteiger partial charge in [-0.25, -0.2) is 23.5 Å². The molecule has 0 radical (unpaired) electrons. The molecule has 4 aromatic carbocycles. The van der Waals surface area contributed by atoms with E-state index in [2.05, 4.69) is 4.98 Å². The van der Waals surface area contributed by atoms with Crippen LogP contribution >= 0.6 is 11.6 Å². The lowest BCUT2D eigenvalue weighted by atomic mass is 10.0. The molecule has 0 aliphatic carbocycles. The van der Waals surface area contributed by atoms with Gasteiger partial charge in [0.15, 0.2) is 6.39 Å². The topological polar surface area (TPSA) is 90.4 Å². The number of hydrogen-bond donors (Lipinski definition) is 1. The molecule has 2 heterocycles. The summed E-state index contributed by atoms with van der Waals surface area (Å²) in [6.07, 6.45) is 3.19. The normalized spacial score (nSPS) is 11.2. The highest BCUT2D eigenvalue weighted by Gasteiger charge is 2.17. The van der Waals surface area contributed by atoms with Crippen LogP contribution in [0.1, 0.15) is 33.1 Å². The fourth-order valence-corrected chi connectivity index (χ4v) is 4.89. The van der Waals surface area contributed by atoms with Crippen LogP contribution in [0.25, 0.3) is 22.2 Å². The maximum atomic E-state index is 15.4. The van der Waals surface area contributed by atoms with Gasteiger partial charge < -0.3 is 18.8 Å². The third-order valence-electron chi connectivity index (χ3n) is 6.82. The molecule has 0 unspecified atom stereocenters. The number of hydrogen-bond acceptors (Lipinski definition) is 5. The number of carboxylic acids is 1. The summed E-state index contributed by atoms with van der Waals surface area (Å²) in [6.45, 7) is 0.277. The molecule has 0 saturated heterocycles. The Morgan fingerprint density at radius 1 is 1.00 bits per heavy atom. The van der Waals surface area contributed by atoms with Crippen LogP contribution in [-0.2, 0) is 19.6 Å². The van der Waals surface area contributed by atoms with Crippen molar-refractivity contribution in [1.29, 1.82) is 0 Å². The largest absolute Gasteiger partial charge is 0.489 e. The van der Waals surface area contributed by atoms with Crippen LogP contribution in [0.4, 0.5) is 8.78 Å². The van der Waals surface area contributed by atoms with Crippen LogP contribution in [0.3, 0.4) is 0 Å². The van der Waals surface area contributed by atoms with Gasteiger partial charge in [0.1, 0.15) is 35.6 Å². The predicted molar refractivity (Wildman–Crippen MR) is 153 cm³/mol. The number of rotatable bonds is 9. The fraction of sp³-hybridized carbons (Fsp3) is 0.0938. The average molecular weight is 586 g/mol. The molecule has 6 rings (SSSR count). The SMILES string of the molecule is O=C(O)c1ccc2nc(Cc3ccc(-c4cccc(OCc5ccc(Cl)cc5F)c4)c(F)c3)n(Cc3cnco3)c2c1. The molecule has 7 nitrogen and oxygen atoms in total. The molecule has 0 aliphatic rings. The standard InChI is InChI=1S/C32H22ClF2N3O4/c33-23-7-5-22(27(34)14-23)17-41-24-3-1-2-20(12-24)26-8-4-19(10-28(26)35)11-31-37-29-9-6-21(32(39)40)13-30(29)38(31)16-25-15-36-18-42-25/h1-10,12-15,18H,11,16-17H2,(H,39,40). The quantitative estimate of drug-likeness (QED) is 0.188. The number of carboxylic acid groups (broad SMARTS) is 1. The molecule has 42 heavy (non-hydrogen) atoms. The van der Waals surface area contributed by atoms with Gasteiger partial charge in [0, 0.05) is 22.6 Å². The van der Waals surface area contributed by atoms with E-state index in [-0.39, 0.29) is 25.1 Å². The molecule has 0 fully saturated rings. The van der Waals surface area contributed by atoms with Gasteiger partial charge in [0.25, 0.3) is 0 Å². The second kappa shape index (κ2) is 11.5. The first-order valence-electron chi connectivity index (χ1n) is 12.9. The zero-order chi connectivity index (χ0) is 29.2. The van der Waals surface area contributed by atoms with Crippen molar-refractivity contribution >= 4 is 28.6 Å². The minimum atomic E-state index is -1.05. The van der Waals surface area contributed by atoms with E-state index in [1.54, 1.807) is 60.8 Å². The highest BCUT2D eigenvalue weighted by atomic mass is 35.5. The second-order valence-corrected chi connectivity index (χ2v) is 10.1. The molecule has 0 saturated carbocycles. The number of fused-ring (bicyclic) bond motifs is 1. The lowest BCUT2D eigenvalue weighted by Crippen LogP contribution is -2.06. The molecule has 2 aromatic heterocycles. The molecule has 0 amide bonds. The van der Waals surface area contributed by atoms with Crippen LogP contribution in [0, 0.1) is 11.6 Å². The predicted octanol–water partition coefficient (Wildman–Crippen LogP) is 7.54. The van der Waals surface area contributed by atoms with Gasteiger partial charge in [-0.05, 0) is 59.7 Å². The van der Waals surface area contributed by atoms with Crippen molar-refractivity contribution in [3.63, 3.8) is 0 Å². The summed E-state index contributed by atoms with van der Waals surface area (Å²) in [4.78, 5) is 20.2. The fourth-order valence-electron chi connectivity index (χ4n) is 4.73. The van der Waals surface area contributed by atoms with E-state index in [0.29, 0.717) is 55.6 Å². The third-order valence-corrected chi connectivity index (χ3v) is 7.06. The van der Waals surface area contributed by atoms with Crippen molar-refractivity contribution in [3.8, 4) is 16.9 Å². The molecule has 1 N–H and O–H groups in total. The van der Waals surface area contributed by atoms with E-state index in [9.17, 15) is 14.3 Å². The molecule has 0 atom stereocenters. The number of nitrogens with zero attached hydrogens (tertiary/aromatic N) is 3. The number of aromatic nitrogens is 3. The molecular formula is C32H22ClF2N3O4. The first kappa shape index (κ1) is 27.2. The smallest absolute Gasteiger partial charge is 0.335 e. The maximum absolute atomic E-state index is 15.4. The van der Waals surface area contributed by atoms with Gasteiger partial charge in [-0.2, -0.15) is 0 Å². The summed E-state index contributed by atoms with van der Waals surface area (Å²) in [6, 6.07) is 21.0. The number of halogens is 3. The zero-order valence-electron chi connectivity index (χ0n) is 21.9. The first-order valence-corrected chi connectivity index (χ1v) is 13.3. The molecule has 0 aliphatic heterocycles. The Morgan fingerprint density at radius 3 is 2.64 bits per heavy atom. The number of carbonyl (C=O) groups is 1. The van der Waals surface area contributed by atoms with E-state index in [4.69, 9.17) is 25.7 Å². The van der Waals surface area contributed by atoms with Gasteiger partial charge in [0.2, 0.25) is 0 Å². The van der Waals surface area contributed by atoms with Crippen molar-refractivity contribution in [2.45, 2.75) is 19.6 Å². The summed E-state index contributed by atoms with van der Waals surface area (Å²) >= 11 is 5.82. The van der Waals surface area contributed by atoms with Gasteiger partial charge in [-0.1, -0.05) is 41.9 Å². The van der Waals surface area contributed by atoms with Crippen LogP contribution in [-0.4, -0.2) is 25.6 Å². The van der Waals surface area contributed by atoms with Crippen LogP contribution < -0.4 is 4.74 Å². The van der Waals surface area contributed by atoms with Gasteiger partial charge in [-0.15, -0.1) is 0 Å². The van der Waals surface area contributed by atoms with Crippen LogP contribution in [0.2, 0.25) is 5.02 Å². The number of imidazole rings is 1. The Bertz CT molecular complexity index is 1920. The Kier molecular flexibility index (Phi) is 7.41. The van der Waals surface area contributed by atoms with Gasteiger partial charge >= 0.3 is 5.97 Å². The van der Waals surface area contributed by atoms with E-state index in [0.717, 1.165) is 0 Å². The van der Waals surface area contributed by atoms with Crippen molar-refractivity contribution in [3.05, 3.63) is 136 Å². The van der Waals surface area contributed by atoms with E-state index >= 15 is 4.39 Å². The van der Waals surface area contributed by atoms with Gasteiger partial charge in [0.05, 0.1) is 29.3 Å². The van der Waals surface area contributed by atoms with Crippen LogP contribution in [0.15, 0.2) is 95.9 Å². The first-order chi connectivity index (χ1) is 20.3. The molecular weight excluding hydrogens is 564 g/mol. The number of ether oxygens (including phenoxy) is 1. The van der Waals surface area contributed by atoms with Gasteiger partial charge in [-0.3, -0.25) is 0 Å². The zero-order valence-corrected chi connectivity index (χ0v) is 22.7. The minimum absolute atomic E-state index is 0.00307. The van der Waals surface area contributed by atoms with E-state index in [1.807, 2.05) is 10.6 Å². The third kappa shape index (κ3) is 5.73. The Labute approximate surface area is 243 Å². The minimum Gasteiger partial charge on any atom is -0.489 e. The number of aromatic carboxylic acids is 1. The number of benzene rings is 4. The Balaban J connectivity index is 1.25. The van der Waals surface area contributed by atoms with Crippen molar-refractivity contribution < 1.29 is 27.8 Å². The number of oxazole rings is 1. The van der Waals surface area contributed by atoms with E-state index in [1.165, 1.54) is 24.6 Å². The monoisotopic (exact) mass is 585 g/mol. The molecule has 6 aromatic rings. The molecule has 210 valence electrons. The van der Waals surface area contributed by atoms with Crippen molar-refractivity contribution in [1.82, 2.24) is 14.5 Å².